The Bertz CT molecular complexity index is 487. The molecule has 2 N–H and O–H groups in total. The summed E-state index contributed by atoms with van der Waals surface area (Å²) in [6, 6.07) is 0. The average Bonchev–Trinajstić information content (AvgIpc) is 2.70. The van der Waals surface area contributed by atoms with Crippen LogP contribution >= 0.6 is 0 Å². The van der Waals surface area contributed by atoms with E-state index in [1.165, 1.54) is 16.4 Å². The van der Waals surface area contributed by atoms with Gasteiger partial charge in [0.25, 0.3) is 0 Å². The second-order valence-electron chi connectivity index (χ2n) is 4.37. The van der Waals surface area contributed by atoms with Crippen LogP contribution in [0.2, 0.25) is 0 Å². The van der Waals surface area contributed by atoms with Gasteiger partial charge >= 0.3 is 5.82 Å². The Morgan fingerprint density at radius 1 is 1.65 bits per heavy atom. The normalized spacial score (nSPS) is 12.2. The third-order valence-electron chi connectivity index (χ3n) is 2.86. The van der Waals surface area contributed by atoms with Crippen LogP contribution in [0.1, 0.15) is 12.7 Å². The van der Waals surface area contributed by atoms with E-state index in [0.717, 1.165) is 6.20 Å². The van der Waals surface area contributed by atoms with Crippen molar-refractivity contribution in [2.45, 2.75) is 26.5 Å². The molecule has 0 fully saturated rings. The molecule has 1 amide bonds. The Hall–Kier alpha value is -2.00. The molecule has 20 heavy (non-hydrogen) atoms. The van der Waals surface area contributed by atoms with Gasteiger partial charge in [0.2, 0.25) is 5.91 Å². The van der Waals surface area contributed by atoms with Crippen LogP contribution < -0.4 is 0 Å². The number of aryl methyl sites for hydroxylation is 1. The van der Waals surface area contributed by atoms with Crippen LogP contribution in [-0.2, 0) is 11.3 Å². The second kappa shape index (κ2) is 6.96. The molecular weight excluding hydrogens is 268 g/mol. The molecule has 0 spiro atoms. The van der Waals surface area contributed by atoms with Crippen molar-refractivity contribution in [3.63, 3.8) is 0 Å². The van der Waals surface area contributed by atoms with Gasteiger partial charge in [-0.25, -0.2) is 9.55 Å². The Morgan fingerprint density at radius 3 is 2.80 bits per heavy atom. The zero-order valence-corrected chi connectivity index (χ0v) is 11.4. The molecule has 0 bridgehead atoms. The number of nitrogens with zero attached hydrogens (tertiary/aromatic N) is 4. The minimum absolute atomic E-state index is 0.00926. The maximum absolute atomic E-state index is 11.3. The Kier molecular flexibility index (Phi) is 5.59. The summed E-state index contributed by atoms with van der Waals surface area (Å²) in [6.07, 6.45) is 0.135. The quantitative estimate of drug-likeness (QED) is 0.505. The lowest BCUT2D eigenvalue weighted by atomic mass is 10.3. The maximum Gasteiger partial charge on any atom is 0.342 e. The Labute approximate surface area is 115 Å². The Balaban J connectivity index is 2.75. The molecule has 0 radical (unpaired) electrons. The molecule has 0 saturated heterocycles. The molecule has 1 aromatic heterocycles. The lowest BCUT2D eigenvalue weighted by Crippen LogP contribution is -2.39. The number of hydrogen-bond acceptors (Lipinski definition) is 6. The maximum atomic E-state index is 11.3. The molecule has 1 rings (SSSR count). The number of rotatable bonds is 7. The zero-order valence-electron chi connectivity index (χ0n) is 11.4. The monoisotopic (exact) mass is 286 g/mol. The highest BCUT2D eigenvalue weighted by Gasteiger charge is 2.22. The molecule has 0 aromatic carbocycles. The SMILES string of the molecule is CC(=O)N(CCO)CC(O)Cn1c([N+](=O)[O-])cnc1C. The predicted molar refractivity (Wildman–Crippen MR) is 69.0 cm³/mol. The molecule has 1 atom stereocenters. The molecule has 9 heteroatoms. The summed E-state index contributed by atoms with van der Waals surface area (Å²) < 4.78 is 1.28. The molecular formula is C11H18N4O5. The van der Waals surface area contributed by atoms with E-state index in [1.807, 2.05) is 0 Å². The number of carbonyl (C=O) groups is 1. The van der Waals surface area contributed by atoms with Gasteiger partial charge in [0.1, 0.15) is 18.8 Å². The molecule has 1 unspecified atom stereocenters. The molecule has 9 nitrogen and oxygen atoms in total. The third kappa shape index (κ3) is 4.00. The van der Waals surface area contributed by atoms with Crippen LogP contribution in [0.4, 0.5) is 5.82 Å². The number of aromatic nitrogens is 2. The van der Waals surface area contributed by atoms with Crippen molar-refractivity contribution in [1.82, 2.24) is 14.5 Å². The van der Waals surface area contributed by atoms with Gasteiger partial charge in [0.05, 0.1) is 13.2 Å². The fourth-order valence-corrected chi connectivity index (χ4v) is 1.85. The van der Waals surface area contributed by atoms with E-state index in [9.17, 15) is 20.0 Å². The van der Waals surface area contributed by atoms with Crippen molar-refractivity contribution < 1.29 is 19.9 Å². The largest absolute Gasteiger partial charge is 0.395 e. The minimum Gasteiger partial charge on any atom is -0.395 e. The highest BCUT2D eigenvalue weighted by atomic mass is 16.6. The number of imidazole rings is 1. The summed E-state index contributed by atoms with van der Waals surface area (Å²) in [4.78, 5) is 26.6. The van der Waals surface area contributed by atoms with Crippen molar-refractivity contribution in [1.29, 1.82) is 0 Å². The number of aliphatic hydroxyl groups is 2. The van der Waals surface area contributed by atoms with Gasteiger partial charge in [-0.2, -0.15) is 0 Å². The number of carbonyl (C=O) groups excluding carboxylic acids is 1. The van der Waals surface area contributed by atoms with Crippen molar-refractivity contribution in [2.24, 2.45) is 0 Å². The van der Waals surface area contributed by atoms with Crippen LogP contribution in [0.3, 0.4) is 0 Å². The predicted octanol–water partition coefficient (Wildman–Crippen LogP) is -0.699. The fraction of sp³-hybridized carbons (Fsp3) is 0.636. The van der Waals surface area contributed by atoms with E-state index in [1.54, 1.807) is 6.92 Å². The molecule has 0 saturated carbocycles. The number of hydrogen-bond donors (Lipinski definition) is 2. The van der Waals surface area contributed by atoms with E-state index in [4.69, 9.17) is 5.11 Å². The van der Waals surface area contributed by atoms with Gasteiger partial charge in [0.15, 0.2) is 5.82 Å². The van der Waals surface area contributed by atoms with Crippen LogP contribution in [0, 0.1) is 17.0 Å². The van der Waals surface area contributed by atoms with E-state index in [-0.39, 0.29) is 38.0 Å². The molecule has 0 aliphatic carbocycles. The lowest BCUT2D eigenvalue weighted by molar-refractivity contribution is -0.392. The first-order valence-electron chi connectivity index (χ1n) is 6.07. The smallest absolute Gasteiger partial charge is 0.342 e. The second-order valence-corrected chi connectivity index (χ2v) is 4.37. The summed E-state index contributed by atoms with van der Waals surface area (Å²) in [5.41, 5.74) is 0. The standard InChI is InChI=1S/C11H18N4O5/c1-8-12-5-11(15(19)20)14(8)7-10(18)6-13(3-4-16)9(2)17/h5,10,16,18H,3-4,6-7H2,1-2H3. The first-order valence-corrected chi connectivity index (χ1v) is 6.07. The van der Waals surface area contributed by atoms with Gasteiger partial charge in [-0.1, -0.05) is 0 Å². The summed E-state index contributed by atoms with van der Waals surface area (Å²) in [5.74, 6) is -0.0830. The topological polar surface area (TPSA) is 122 Å². The fourth-order valence-electron chi connectivity index (χ4n) is 1.85. The summed E-state index contributed by atoms with van der Waals surface area (Å²) in [6.45, 7) is 2.76. The van der Waals surface area contributed by atoms with Gasteiger partial charge in [-0.15, -0.1) is 0 Å². The highest BCUT2D eigenvalue weighted by Crippen LogP contribution is 2.14. The summed E-state index contributed by atoms with van der Waals surface area (Å²) >= 11 is 0. The molecule has 0 aliphatic rings. The first-order chi connectivity index (χ1) is 9.36. The Morgan fingerprint density at radius 2 is 2.30 bits per heavy atom. The summed E-state index contributed by atoms with van der Waals surface area (Å²) in [5, 5.41) is 29.6. The lowest BCUT2D eigenvalue weighted by Gasteiger charge is -2.22. The van der Waals surface area contributed by atoms with Gasteiger partial charge in [0, 0.05) is 20.4 Å². The number of aliphatic hydroxyl groups excluding tert-OH is 2. The highest BCUT2D eigenvalue weighted by molar-refractivity contribution is 5.73. The van der Waals surface area contributed by atoms with Gasteiger partial charge < -0.3 is 25.2 Å². The van der Waals surface area contributed by atoms with Crippen molar-refractivity contribution in [2.75, 3.05) is 19.7 Å². The number of amides is 1. The zero-order chi connectivity index (χ0) is 15.3. The number of nitro groups is 1. The molecule has 1 heterocycles. The summed E-state index contributed by atoms with van der Waals surface area (Å²) in [7, 11) is 0. The van der Waals surface area contributed by atoms with E-state index in [2.05, 4.69) is 4.98 Å². The van der Waals surface area contributed by atoms with Crippen LogP contribution in [0.15, 0.2) is 6.20 Å². The van der Waals surface area contributed by atoms with Crippen LogP contribution in [-0.4, -0.2) is 61.3 Å². The minimum atomic E-state index is -0.989. The third-order valence-corrected chi connectivity index (χ3v) is 2.86. The van der Waals surface area contributed by atoms with Crippen LogP contribution in [0.25, 0.3) is 0 Å². The van der Waals surface area contributed by atoms with E-state index >= 15 is 0 Å². The average molecular weight is 286 g/mol. The van der Waals surface area contributed by atoms with Crippen LogP contribution in [0.5, 0.6) is 0 Å². The molecule has 1 aromatic rings. The van der Waals surface area contributed by atoms with E-state index in [0.29, 0.717) is 5.82 Å². The molecule has 0 aliphatic heterocycles. The van der Waals surface area contributed by atoms with Gasteiger partial charge in [-0.3, -0.25) is 4.79 Å². The van der Waals surface area contributed by atoms with Crippen molar-refractivity contribution in [3.05, 3.63) is 22.1 Å². The van der Waals surface area contributed by atoms with Crippen molar-refractivity contribution >= 4 is 11.7 Å². The van der Waals surface area contributed by atoms with E-state index < -0.39 is 11.0 Å². The van der Waals surface area contributed by atoms with Gasteiger partial charge in [-0.05, 0) is 4.92 Å². The van der Waals surface area contributed by atoms with Crippen molar-refractivity contribution in [3.8, 4) is 0 Å². The first kappa shape index (κ1) is 16.1. The molecule has 112 valence electrons.